The zero-order valence-corrected chi connectivity index (χ0v) is 11.6. The summed E-state index contributed by atoms with van der Waals surface area (Å²) in [6, 6.07) is 10.6. The third-order valence-electron chi connectivity index (χ3n) is 3.14. The molecule has 0 aliphatic heterocycles. The first kappa shape index (κ1) is 12.6. The van der Waals surface area contributed by atoms with Gasteiger partial charge < -0.3 is 10.2 Å². The van der Waals surface area contributed by atoms with E-state index in [1.54, 1.807) is 10.9 Å². The molecule has 0 saturated heterocycles. The lowest BCUT2D eigenvalue weighted by Gasteiger charge is -2.10. The number of aromatic nitrogens is 2. The molecule has 0 aliphatic carbocycles. The van der Waals surface area contributed by atoms with Crippen molar-refractivity contribution in [2.45, 2.75) is 6.92 Å². The number of phenolic OH excluding ortho intramolecular Hbond substituents is 2. The Morgan fingerprint density at radius 3 is 2.50 bits per heavy atom. The molecule has 0 saturated carbocycles. The molecular weight excluding hydrogens is 272 g/mol. The lowest BCUT2D eigenvalue weighted by Crippen LogP contribution is -1.99. The molecule has 3 rings (SSSR count). The molecule has 0 unspecified atom stereocenters. The average molecular weight is 284 g/mol. The Morgan fingerprint density at radius 2 is 1.80 bits per heavy atom. The van der Waals surface area contributed by atoms with Crippen molar-refractivity contribution in [2.75, 3.05) is 0 Å². The van der Waals surface area contributed by atoms with E-state index in [0.717, 1.165) is 11.3 Å². The van der Waals surface area contributed by atoms with Gasteiger partial charge in [0.05, 0.1) is 10.9 Å². The van der Waals surface area contributed by atoms with E-state index in [2.05, 4.69) is 4.98 Å². The number of hydrogen-bond donors (Lipinski definition) is 2. The normalized spacial score (nSPS) is 10.8. The number of fused-ring (bicyclic) bond motifs is 1. The summed E-state index contributed by atoms with van der Waals surface area (Å²) in [5.74, 6) is -0.107. The molecule has 0 fully saturated rings. The smallest absolute Gasteiger partial charge is 0.131 e. The van der Waals surface area contributed by atoms with Crippen LogP contribution < -0.4 is 0 Å². The maximum Gasteiger partial charge on any atom is 0.131 e. The van der Waals surface area contributed by atoms with Gasteiger partial charge in [0.1, 0.15) is 22.5 Å². The van der Waals surface area contributed by atoms with E-state index in [4.69, 9.17) is 12.2 Å². The second-order valence-electron chi connectivity index (χ2n) is 4.61. The number of hydrogen-bond acceptors (Lipinski definition) is 4. The summed E-state index contributed by atoms with van der Waals surface area (Å²) in [5, 5.41) is 19.9. The fourth-order valence-corrected chi connectivity index (χ4v) is 2.46. The van der Waals surface area contributed by atoms with Gasteiger partial charge in [0, 0.05) is 17.8 Å². The second kappa shape index (κ2) is 4.61. The van der Waals surface area contributed by atoms with Gasteiger partial charge in [-0.15, -0.1) is 0 Å². The van der Waals surface area contributed by atoms with Gasteiger partial charge in [-0.05, 0) is 19.1 Å². The first-order valence-corrected chi connectivity index (χ1v) is 6.47. The van der Waals surface area contributed by atoms with Crippen LogP contribution in [0.4, 0.5) is 0 Å². The highest BCUT2D eigenvalue weighted by Crippen LogP contribution is 2.29. The van der Waals surface area contributed by atoms with Crippen molar-refractivity contribution in [3.05, 3.63) is 52.9 Å². The quantitative estimate of drug-likeness (QED) is 0.672. The summed E-state index contributed by atoms with van der Waals surface area (Å²) in [6.45, 7) is 2.01. The summed E-state index contributed by atoms with van der Waals surface area (Å²) in [7, 11) is 0. The van der Waals surface area contributed by atoms with E-state index in [-0.39, 0.29) is 11.5 Å². The van der Waals surface area contributed by atoms with E-state index in [1.165, 1.54) is 12.1 Å². The zero-order valence-electron chi connectivity index (χ0n) is 10.7. The molecule has 0 radical (unpaired) electrons. The third-order valence-corrected chi connectivity index (χ3v) is 3.54. The van der Waals surface area contributed by atoms with Crippen molar-refractivity contribution in [1.82, 2.24) is 9.55 Å². The molecule has 4 nitrogen and oxygen atoms in total. The fraction of sp³-hybridized carbons (Fsp3) is 0.0667. The highest BCUT2D eigenvalue weighted by atomic mass is 32.1. The van der Waals surface area contributed by atoms with Gasteiger partial charge in [-0.3, -0.25) is 4.57 Å². The Morgan fingerprint density at radius 1 is 1.10 bits per heavy atom. The van der Waals surface area contributed by atoms with Crippen molar-refractivity contribution in [2.24, 2.45) is 0 Å². The Balaban J connectivity index is 2.31. The van der Waals surface area contributed by atoms with E-state index < -0.39 is 0 Å². The van der Waals surface area contributed by atoms with Crippen LogP contribution >= 0.6 is 12.2 Å². The summed E-state index contributed by atoms with van der Waals surface area (Å²) in [5.41, 5.74) is 2.50. The van der Waals surface area contributed by atoms with Gasteiger partial charge in [0.25, 0.3) is 0 Å². The zero-order chi connectivity index (χ0) is 14.3. The first-order chi connectivity index (χ1) is 9.56. The van der Waals surface area contributed by atoms with Crippen molar-refractivity contribution in [3.8, 4) is 17.2 Å². The molecular formula is C15H12N2O2S. The molecule has 0 atom stereocenters. The van der Waals surface area contributed by atoms with Gasteiger partial charge in [0.2, 0.25) is 0 Å². The minimum absolute atomic E-state index is 0.0371. The minimum atomic E-state index is -0.0704. The Hall–Kier alpha value is -2.40. The number of nitrogens with zero attached hydrogens (tertiary/aromatic N) is 2. The molecule has 5 heteroatoms. The summed E-state index contributed by atoms with van der Waals surface area (Å²) >= 11 is 5.42. The van der Waals surface area contributed by atoms with Gasteiger partial charge in [-0.2, -0.15) is 0 Å². The largest absolute Gasteiger partial charge is 0.508 e. The van der Waals surface area contributed by atoms with Crippen molar-refractivity contribution in [3.63, 3.8) is 0 Å². The number of rotatable bonds is 1. The predicted octanol–water partition coefficient (Wildman–Crippen LogP) is 3.47. The third kappa shape index (κ3) is 2.02. The summed E-state index contributed by atoms with van der Waals surface area (Å²) in [4.78, 5) is 4.24. The maximum atomic E-state index is 9.97. The Labute approximate surface area is 120 Å². The number of aromatic hydroxyl groups is 2. The van der Waals surface area contributed by atoms with Crippen LogP contribution in [0.3, 0.4) is 0 Å². The fourth-order valence-electron chi connectivity index (χ4n) is 2.10. The van der Waals surface area contributed by atoms with Crippen LogP contribution in [-0.4, -0.2) is 19.8 Å². The summed E-state index contributed by atoms with van der Waals surface area (Å²) in [6.07, 6.45) is 1.59. The standard InChI is InChI=1S/C15H12N2O2S/c1-9-2-4-10(5-3-9)17-8-16-12-6-11(18)7-13(19)14(12)15(17)20/h2-8,18-19H,1H3. The predicted molar refractivity (Wildman–Crippen MR) is 80.0 cm³/mol. The Kier molecular flexibility index (Phi) is 2.91. The van der Waals surface area contributed by atoms with Crippen LogP contribution in [0.1, 0.15) is 5.56 Å². The molecule has 100 valence electrons. The van der Waals surface area contributed by atoms with Crippen LogP contribution in [0, 0.1) is 11.6 Å². The number of phenols is 2. The molecule has 0 aliphatic rings. The van der Waals surface area contributed by atoms with E-state index in [1.807, 2.05) is 31.2 Å². The molecule has 2 N–H and O–H groups in total. The molecule has 3 aromatic rings. The molecule has 1 heterocycles. The molecule has 1 aromatic heterocycles. The second-order valence-corrected chi connectivity index (χ2v) is 5.00. The van der Waals surface area contributed by atoms with Crippen LogP contribution in [0.2, 0.25) is 0 Å². The number of benzene rings is 2. The highest BCUT2D eigenvalue weighted by molar-refractivity contribution is 7.71. The van der Waals surface area contributed by atoms with Gasteiger partial charge in [0.15, 0.2) is 0 Å². The highest BCUT2D eigenvalue weighted by Gasteiger charge is 2.09. The van der Waals surface area contributed by atoms with E-state index >= 15 is 0 Å². The molecule has 0 amide bonds. The minimum Gasteiger partial charge on any atom is -0.508 e. The van der Waals surface area contributed by atoms with E-state index in [9.17, 15) is 10.2 Å². The molecule has 0 spiro atoms. The lowest BCUT2D eigenvalue weighted by molar-refractivity contribution is 0.454. The van der Waals surface area contributed by atoms with Crippen molar-refractivity contribution in [1.29, 1.82) is 0 Å². The SMILES string of the molecule is Cc1ccc(-n2cnc3cc(O)cc(O)c3c2=S)cc1. The monoisotopic (exact) mass is 284 g/mol. The van der Waals surface area contributed by atoms with Gasteiger partial charge in [-0.25, -0.2) is 4.98 Å². The van der Waals surface area contributed by atoms with Gasteiger partial charge >= 0.3 is 0 Å². The van der Waals surface area contributed by atoms with E-state index in [0.29, 0.717) is 15.5 Å². The van der Waals surface area contributed by atoms with Crippen LogP contribution in [0.25, 0.3) is 16.6 Å². The van der Waals surface area contributed by atoms with Crippen LogP contribution in [-0.2, 0) is 0 Å². The van der Waals surface area contributed by atoms with Crippen LogP contribution in [0.15, 0.2) is 42.7 Å². The lowest BCUT2D eigenvalue weighted by atomic mass is 10.2. The molecule has 0 bridgehead atoms. The molecule has 2 aromatic carbocycles. The van der Waals surface area contributed by atoms with Crippen molar-refractivity contribution >= 4 is 23.1 Å². The van der Waals surface area contributed by atoms with Crippen molar-refractivity contribution < 1.29 is 10.2 Å². The summed E-state index contributed by atoms with van der Waals surface area (Å²) < 4.78 is 2.18. The Bertz CT molecular complexity index is 854. The number of aryl methyl sites for hydroxylation is 1. The first-order valence-electron chi connectivity index (χ1n) is 6.06. The average Bonchev–Trinajstić information content (AvgIpc) is 2.39. The van der Waals surface area contributed by atoms with Gasteiger partial charge in [-0.1, -0.05) is 29.9 Å². The molecule has 20 heavy (non-hydrogen) atoms. The topological polar surface area (TPSA) is 58.3 Å². The van der Waals surface area contributed by atoms with Crippen LogP contribution in [0.5, 0.6) is 11.5 Å². The maximum absolute atomic E-state index is 9.97.